The van der Waals surface area contributed by atoms with Crippen molar-refractivity contribution in [3.63, 3.8) is 0 Å². The van der Waals surface area contributed by atoms with Crippen molar-refractivity contribution >= 4 is 0 Å². The van der Waals surface area contributed by atoms with Crippen molar-refractivity contribution in [1.29, 1.82) is 0 Å². The lowest BCUT2D eigenvalue weighted by atomic mass is 9.98. The molecule has 0 fully saturated rings. The van der Waals surface area contributed by atoms with E-state index in [1.54, 1.807) is 5.57 Å². The van der Waals surface area contributed by atoms with E-state index in [-0.39, 0.29) is 0 Å². The molecule has 204 valence electrons. The van der Waals surface area contributed by atoms with Crippen molar-refractivity contribution in [3.8, 4) is 0 Å². The first-order chi connectivity index (χ1) is 16.8. The molecule has 0 aliphatic carbocycles. The van der Waals surface area contributed by atoms with Crippen LogP contribution in [0.3, 0.4) is 0 Å². The van der Waals surface area contributed by atoms with Crippen molar-refractivity contribution in [2.75, 3.05) is 6.61 Å². The minimum atomic E-state index is 0.334. The van der Waals surface area contributed by atoms with E-state index in [0.717, 1.165) is 12.8 Å². The molecular formula is C33H66O. The van der Waals surface area contributed by atoms with Gasteiger partial charge in [-0.25, -0.2) is 0 Å². The van der Waals surface area contributed by atoms with Crippen LogP contribution in [-0.4, -0.2) is 11.7 Å². The maximum absolute atomic E-state index is 9.13. The first-order valence-corrected chi connectivity index (χ1v) is 16.1. The summed E-state index contributed by atoms with van der Waals surface area (Å²) in [4.78, 5) is 0. The van der Waals surface area contributed by atoms with Gasteiger partial charge in [0.15, 0.2) is 0 Å². The standard InChI is InChI=1S/C33H66O/c1-3-5-7-9-11-13-15-17-19-21-23-25-29-33(31-27-28-32-34)30-26-24-22-20-18-16-14-12-10-8-6-4-2/h31,34H,3-30,32H2,1-2H3. The minimum absolute atomic E-state index is 0.334. The molecule has 0 saturated carbocycles. The van der Waals surface area contributed by atoms with E-state index in [1.165, 1.54) is 167 Å². The second kappa shape index (κ2) is 30.7. The third-order valence-electron chi connectivity index (χ3n) is 7.50. The summed E-state index contributed by atoms with van der Waals surface area (Å²) >= 11 is 0. The maximum atomic E-state index is 9.13. The number of unbranched alkanes of at least 4 members (excludes halogenated alkanes) is 23. The fourth-order valence-electron chi connectivity index (χ4n) is 5.11. The zero-order chi connectivity index (χ0) is 24.8. The van der Waals surface area contributed by atoms with Crippen LogP contribution in [0.5, 0.6) is 0 Å². The van der Waals surface area contributed by atoms with Crippen LogP contribution in [0.15, 0.2) is 11.6 Å². The highest BCUT2D eigenvalue weighted by Gasteiger charge is 2.00. The quantitative estimate of drug-likeness (QED) is 0.0836. The Kier molecular flexibility index (Phi) is 30.5. The summed E-state index contributed by atoms with van der Waals surface area (Å²) in [5.41, 5.74) is 1.69. The molecule has 0 unspecified atom stereocenters. The van der Waals surface area contributed by atoms with Gasteiger partial charge in [0.25, 0.3) is 0 Å². The van der Waals surface area contributed by atoms with Gasteiger partial charge in [-0.2, -0.15) is 0 Å². The average Bonchev–Trinajstić information content (AvgIpc) is 2.85. The van der Waals surface area contributed by atoms with Crippen molar-refractivity contribution in [2.24, 2.45) is 0 Å². The summed E-state index contributed by atoms with van der Waals surface area (Å²) in [5.74, 6) is 0. The van der Waals surface area contributed by atoms with Gasteiger partial charge in [-0.3, -0.25) is 0 Å². The number of aliphatic hydroxyl groups excluding tert-OH is 1. The Labute approximate surface area is 217 Å². The van der Waals surface area contributed by atoms with E-state index in [1.807, 2.05) is 0 Å². The molecule has 0 amide bonds. The second-order valence-electron chi connectivity index (χ2n) is 11.0. The predicted molar refractivity (Wildman–Crippen MR) is 156 cm³/mol. The van der Waals surface area contributed by atoms with E-state index in [2.05, 4.69) is 19.9 Å². The smallest absolute Gasteiger partial charge is 0.0433 e. The fraction of sp³-hybridized carbons (Fsp3) is 0.939. The second-order valence-corrected chi connectivity index (χ2v) is 11.0. The van der Waals surface area contributed by atoms with E-state index in [0.29, 0.717) is 6.61 Å². The van der Waals surface area contributed by atoms with Gasteiger partial charge in [0.05, 0.1) is 0 Å². The molecule has 0 saturated heterocycles. The molecule has 0 aliphatic rings. The molecule has 0 bridgehead atoms. The highest BCUT2D eigenvalue weighted by Crippen LogP contribution is 2.20. The van der Waals surface area contributed by atoms with Gasteiger partial charge in [-0.15, -0.1) is 0 Å². The highest BCUT2D eigenvalue weighted by molar-refractivity contribution is 5.01. The molecule has 0 heterocycles. The van der Waals surface area contributed by atoms with Crippen molar-refractivity contribution in [2.45, 2.75) is 194 Å². The lowest BCUT2D eigenvalue weighted by molar-refractivity contribution is 0.289. The topological polar surface area (TPSA) is 20.2 Å². The van der Waals surface area contributed by atoms with Crippen LogP contribution in [0, 0.1) is 0 Å². The normalized spacial score (nSPS) is 11.3. The van der Waals surface area contributed by atoms with Crippen molar-refractivity contribution < 1.29 is 5.11 Å². The molecule has 0 aromatic heterocycles. The van der Waals surface area contributed by atoms with Crippen LogP contribution in [0.2, 0.25) is 0 Å². The number of allylic oxidation sites excluding steroid dienone is 2. The Morgan fingerprint density at radius 1 is 0.412 bits per heavy atom. The number of hydrogen-bond acceptors (Lipinski definition) is 1. The van der Waals surface area contributed by atoms with Gasteiger partial charge >= 0.3 is 0 Å². The van der Waals surface area contributed by atoms with Crippen LogP contribution in [0.4, 0.5) is 0 Å². The molecule has 0 aliphatic heterocycles. The molecule has 0 aromatic carbocycles. The van der Waals surface area contributed by atoms with Crippen molar-refractivity contribution in [3.05, 3.63) is 11.6 Å². The summed E-state index contributed by atoms with van der Waals surface area (Å²) in [6, 6.07) is 0. The molecule has 0 radical (unpaired) electrons. The Hall–Kier alpha value is -0.300. The van der Waals surface area contributed by atoms with E-state index < -0.39 is 0 Å². The van der Waals surface area contributed by atoms with E-state index >= 15 is 0 Å². The van der Waals surface area contributed by atoms with Gasteiger partial charge in [-0.1, -0.05) is 167 Å². The fourth-order valence-corrected chi connectivity index (χ4v) is 5.11. The van der Waals surface area contributed by atoms with Crippen LogP contribution in [0.1, 0.15) is 194 Å². The molecule has 1 N–H and O–H groups in total. The Bertz CT molecular complexity index is 356. The summed E-state index contributed by atoms with van der Waals surface area (Å²) in [5, 5.41) is 9.13. The SMILES string of the molecule is CCCCCCCCCCCCCCC(=CCCCO)CCCCCCCCCCCCCC. The molecule has 1 heteroatoms. The maximum Gasteiger partial charge on any atom is 0.0433 e. The van der Waals surface area contributed by atoms with Gasteiger partial charge < -0.3 is 5.11 Å². The zero-order valence-corrected chi connectivity index (χ0v) is 24.0. The first kappa shape index (κ1) is 33.7. The molecular weight excluding hydrogens is 412 g/mol. The monoisotopic (exact) mass is 479 g/mol. The largest absolute Gasteiger partial charge is 0.396 e. The average molecular weight is 479 g/mol. The molecule has 0 spiro atoms. The zero-order valence-electron chi connectivity index (χ0n) is 24.0. The number of rotatable bonds is 29. The molecule has 34 heavy (non-hydrogen) atoms. The number of aliphatic hydroxyl groups is 1. The first-order valence-electron chi connectivity index (χ1n) is 16.1. The molecule has 0 aromatic rings. The van der Waals surface area contributed by atoms with Crippen LogP contribution in [-0.2, 0) is 0 Å². The highest BCUT2D eigenvalue weighted by atomic mass is 16.2. The van der Waals surface area contributed by atoms with Crippen LogP contribution < -0.4 is 0 Å². The summed E-state index contributed by atoms with van der Waals surface area (Å²) < 4.78 is 0. The third kappa shape index (κ3) is 27.9. The third-order valence-corrected chi connectivity index (χ3v) is 7.50. The van der Waals surface area contributed by atoms with Crippen LogP contribution >= 0.6 is 0 Å². The minimum Gasteiger partial charge on any atom is -0.396 e. The van der Waals surface area contributed by atoms with Crippen LogP contribution in [0.25, 0.3) is 0 Å². The van der Waals surface area contributed by atoms with E-state index in [4.69, 9.17) is 5.11 Å². The Morgan fingerprint density at radius 2 is 0.706 bits per heavy atom. The van der Waals surface area contributed by atoms with Gasteiger partial charge in [0.1, 0.15) is 0 Å². The molecule has 0 rings (SSSR count). The molecule has 1 nitrogen and oxygen atoms in total. The Balaban J connectivity index is 3.63. The molecule has 0 atom stereocenters. The summed E-state index contributed by atoms with van der Waals surface area (Å²) in [7, 11) is 0. The van der Waals surface area contributed by atoms with Gasteiger partial charge in [-0.05, 0) is 38.5 Å². The van der Waals surface area contributed by atoms with Gasteiger partial charge in [0, 0.05) is 6.61 Å². The lowest BCUT2D eigenvalue weighted by Gasteiger charge is -2.09. The Morgan fingerprint density at radius 3 is 1.00 bits per heavy atom. The van der Waals surface area contributed by atoms with E-state index in [9.17, 15) is 0 Å². The number of hydrogen-bond donors (Lipinski definition) is 1. The predicted octanol–water partition coefficient (Wildman–Crippen LogP) is 11.9. The summed E-state index contributed by atoms with van der Waals surface area (Å²) in [6.45, 7) is 4.93. The lowest BCUT2D eigenvalue weighted by Crippen LogP contribution is -1.90. The summed E-state index contributed by atoms with van der Waals surface area (Å²) in [6.07, 6.45) is 41.4. The van der Waals surface area contributed by atoms with Gasteiger partial charge in [0.2, 0.25) is 0 Å². The van der Waals surface area contributed by atoms with Crippen molar-refractivity contribution in [1.82, 2.24) is 0 Å².